The van der Waals surface area contributed by atoms with Crippen LogP contribution >= 0.6 is 0 Å². The lowest BCUT2D eigenvalue weighted by molar-refractivity contribution is -0.123. The number of fused-ring (bicyclic) bond motifs is 3. The first kappa shape index (κ1) is 16.6. The van der Waals surface area contributed by atoms with E-state index in [1.54, 1.807) is 0 Å². The molecule has 2 heterocycles. The SMILES string of the molecule is Cc1ccc2c(c1)nc1n2[C@@H](CNC(=O)COc2ccccc2)COC1. The van der Waals surface area contributed by atoms with Crippen LogP contribution in [0.5, 0.6) is 5.75 Å². The van der Waals surface area contributed by atoms with Gasteiger partial charge in [-0.15, -0.1) is 0 Å². The molecule has 0 saturated heterocycles. The van der Waals surface area contributed by atoms with Crippen molar-refractivity contribution in [3.63, 3.8) is 0 Å². The second kappa shape index (κ2) is 7.17. The van der Waals surface area contributed by atoms with Gasteiger partial charge < -0.3 is 19.4 Å². The molecule has 6 nitrogen and oxygen atoms in total. The summed E-state index contributed by atoms with van der Waals surface area (Å²) in [4.78, 5) is 16.8. The van der Waals surface area contributed by atoms with Crippen LogP contribution in [-0.2, 0) is 16.1 Å². The van der Waals surface area contributed by atoms with Crippen molar-refractivity contribution in [2.45, 2.75) is 19.6 Å². The largest absolute Gasteiger partial charge is 0.484 e. The Morgan fingerprint density at radius 2 is 2.15 bits per heavy atom. The quantitative estimate of drug-likeness (QED) is 0.767. The highest BCUT2D eigenvalue weighted by molar-refractivity contribution is 5.78. The molecule has 134 valence electrons. The Hall–Kier alpha value is -2.86. The first-order valence-corrected chi connectivity index (χ1v) is 8.70. The number of carbonyl (C=O) groups is 1. The Labute approximate surface area is 151 Å². The summed E-state index contributed by atoms with van der Waals surface area (Å²) in [6.07, 6.45) is 0. The molecule has 0 bridgehead atoms. The van der Waals surface area contributed by atoms with Gasteiger partial charge in [-0.3, -0.25) is 4.79 Å². The third kappa shape index (κ3) is 3.41. The molecule has 0 aliphatic carbocycles. The first-order chi connectivity index (χ1) is 12.7. The molecule has 1 aliphatic heterocycles. The van der Waals surface area contributed by atoms with E-state index in [1.165, 1.54) is 5.56 Å². The summed E-state index contributed by atoms with van der Waals surface area (Å²) < 4.78 is 13.3. The molecular weight excluding hydrogens is 330 g/mol. The second-order valence-corrected chi connectivity index (χ2v) is 6.46. The van der Waals surface area contributed by atoms with Gasteiger partial charge in [-0.05, 0) is 36.8 Å². The topological polar surface area (TPSA) is 65.4 Å². The molecule has 26 heavy (non-hydrogen) atoms. The molecule has 0 radical (unpaired) electrons. The Balaban J connectivity index is 1.42. The molecule has 1 atom stereocenters. The normalized spacial score (nSPS) is 16.3. The summed E-state index contributed by atoms with van der Waals surface area (Å²) in [5.74, 6) is 1.43. The minimum Gasteiger partial charge on any atom is -0.484 e. The van der Waals surface area contributed by atoms with Gasteiger partial charge in [-0.25, -0.2) is 4.98 Å². The van der Waals surface area contributed by atoms with Crippen LogP contribution in [0.2, 0.25) is 0 Å². The van der Waals surface area contributed by atoms with Gasteiger partial charge in [0.15, 0.2) is 6.61 Å². The molecule has 6 heteroatoms. The maximum Gasteiger partial charge on any atom is 0.258 e. The fourth-order valence-electron chi connectivity index (χ4n) is 3.23. The molecule has 1 N–H and O–H groups in total. The lowest BCUT2D eigenvalue weighted by Gasteiger charge is -2.26. The van der Waals surface area contributed by atoms with Crippen molar-refractivity contribution in [1.82, 2.24) is 14.9 Å². The van der Waals surface area contributed by atoms with E-state index in [2.05, 4.69) is 40.0 Å². The van der Waals surface area contributed by atoms with Crippen LogP contribution in [0, 0.1) is 6.92 Å². The maximum absolute atomic E-state index is 12.1. The monoisotopic (exact) mass is 351 g/mol. The van der Waals surface area contributed by atoms with Crippen LogP contribution in [-0.4, -0.2) is 35.2 Å². The molecular formula is C20H21N3O3. The zero-order valence-corrected chi connectivity index (χ0v) is 14.6. The predicted octanol–water partition coefficient (Wildman–Crippen LogP) is 2.61. The highest BCUT2D eigenvalue weighted by atomic mass is 16.5. The van der Waals surface area contributed by atoms with E-state index in [-0.39, 0.29) is 18.6 Å². The number of para-hydroxylation sites is 1. The molecule has 1 amide bonds. The van der Waals surface area contributed by atoms with Crippen molar-refractivity contribution in [3.8, 4) is 5.75 Å². The molecule has 1 aliphatic rings. The fourth-order valence-corrected chi connectivity index (χ4v) is 3.23. The highest BCUT2D eigenvalue weighted by Gasteiger charge is 2.24. The average Bonchev–Trinajstić information content (AvgIpc) is 3.03. The second-order valence-electron chi connectivity index (χ2n) is 6.46. The Kier molecular flexibility index (Phi) is 4.58. The zero-order valence-electron chi connectivity index (χ0n) is 14.6. The minimum absolute atomic E-state index is 0.00564. The number of rotatable bonds is 5. The third-order valence-electron chi connectivity index (χ3n) is 4.47. The number of imidazole rings is 1. The van der Waals surface area contributed by atoms with Crippen molar-refractivity contribution >= 4 is 16.9 Å². The molecule has 0 saturated carbocycles. The van der Waals surface area contributed by atoms with E-state index in [0.717, 1.165) is 16.9 Å². The zero-order chi connectivity index (χ0) is 17.9. The van der Waals surface area contributed by atoms with Crippen molar-refractivity contribution < 1.29 is 14.3 Å². The van der Waals surface area contributed by atoms with Crippen LogP contribution in [0.4, 0.5) is 0 Å². The third-order valence-corrected chi connectivity index (χ3v) is 4.47. The van der Waals surface area contributed by atoms with Gasteiger partial charge in [0.2, 0.25) is 0 Å². The molecule has 2 aromatic carbocycles. The van der Waals surface area contributed by atoms with Gasteiger partial charge in [-0.2, -0.15) is 0 Å². The van der Waals surface area contributed by atoms with E-state index in [0.29, 0.717) is 25.5 Å². The Morgan fingerprint density at radius 3 is 3.00 bits per heavy atom. The van der Waals surface area contributed by atoms with E-state index >= 15 is 0 Å². The van der Waals surface area contributed by atoms with Crippen molar-refractivity contribution in [1.29, 1.82) is 0 Å². The summed E-state index contributed by atoms with van der Waals surface area (Å²) >= 11 is 0. The van der Waals surface area contributed by atoms with Gasteiger partial charge >= 0.3 is 0 Å². The van der Waals surface area contributed by atoms with Crippen molar-refractivity contribution in [2.24, 2.45) is 0 Å². The van der Waals surface area contributed by atoms with Crippen LogP contribution in [0.3, 0.4) is 0 Å². The fraction of sp³-hybridized carbons (Fsp3) is 0.300. The van der Waals surface area contributed by atoms with Gasteiger partial charge in [0.25, 0.3) is 5.91 Å². The van der Waals surface area contributed by atoms with Crippen LogP contribution in [0.1, 0.15) is 17.4 Å². The first-order valence-electron chi connectivity index (χ1n) is 8.70. The summed E-state index contributed by atoms with van der Waals surface area (Å²) in [7, 11) is 0. The molecule has 0 unspecified atom stereocenters. The molecule has 4 rings (SSSR count). The number of hydrogen-bond acceptors (Lipinski definition) is 4. The van der Waals surface area contributed by atoms with Crippen LogP contribution in [0.15, 0.2) is 48.5 Å². The van der Waals surface area contributed by atoms with Crippen molar-refractivity contribution in [2.75, 3.05) is 19.8 Å². The number of aryl methyl sites for hydroxylation is 1. The minimum atomic E-state index is -0.152. The number of ether oxygens (including phenoxy) is 2. The van der Waals surface area contributed by atoms with E-state index in [4.69, 9.17) is 9.47 Å². The molecule has 3 aromatic rings. The molecule has 0 fully saturated rings. The number of benzene rings is 2. The highest BCUT2D eigenvalue weighted by Crippen LogP contribution is 2.26. The summed E-state index contributed by atoms with van der Waals surface area (Å²) in [5.41, 5.74) is 3.22. The Morgan fingerprint density at radius 1 is 1.31 bits per heavy atom. The van der Waals surface area contributed by atoms with E-state index in [1.807, 2.05) is 30.3 Å². The lowest BCUT2D eigenvalue weighted by Crippen LogP contribution is -2.37. The van der Waals surface area contributed by atoms with Gasteiger partial charge in [0.05, 0.1) is 23.7 Å². The maximum atomic E-state index is 12.1. The number of carbonyl (C=O) groups excluding carboxylic acids is 1. The van der Waals surface area contributed by atoms with Gasteiger partial charge in [0.1, 0.15) is 18.2 Å². The van der Waals surface area contributed by atoms with E-state index < -0.39 is 0 Å². The summed E-state index contributed by atoms with van der Waals surface area (Å²) in [6.45, 7) is 3.57. The predicted molar refractivity (Wildman–Crippen MR) is 98.1 cm³/mol. The van der Waals surface area contributed by atoms with Crippen LogP contribution in [0.25, 0.3) is 11.0 Å². The summed E-state index contributed by atoms with van der Waals surface area (Å²) in [5, 5.41) is 2.94. The number of nitrogens with one attached hydrogen (secondary N) is 1. The number of aromatic nitrogens is 2. The molecule has 0 spiro atoms. The standard InChI is InChI=1S/C20H21N3O3/c1-14-7-8-18-17(9-14)22-19-12-25-11-15(23(18)19)10-21-20(24)13-26-16-5-3-2-4-6-16/h2-9,15H,10-13H2,1H3,(H,21,24)/t15-/m0/s1. The van der Waals surface area contributed by atoms with E-state index in [9.17, 15) is 4.79 Å². The average molecular weight is 351 g/mol. The number of nitrogens with zero attached hydrogens (tertiary/aromatic N) is 2. The van der Waals surface area contributed by atoms with Crippen LogP contribution < -0.4 is 10.1 Å². The van der Waals surface area contributed by atoms with Crippen molar-refractivity contribution in [3.05, 3.63) is 59.9 Å². The van der Waals surface area contributed by atoms with Gasteiger partial charge in [0, 0.05) is 6.54 Å². The lowest BCUT2D eigenvalue weighted by atomic mass is 10.2. The summed E-state index contributed by atoms with van der Waals surface area (Å²) in [6, 6.07) is 15.6. The molecule has 1 aromatic heterocycles. The Bertz CT molecular complexity index is 921. The number of amides is 1. The smallest absolute Gasteiger partial charge is 0.258 e. The van der Waals surface area contributed by atoms with Gasteiger partial charge in [-0.1, -0.05) is 24.3 Å². The number of hydrogen-bond donors (Lipinski definition) is 1.